The summed E-state index contributed by atoms with van der Waals surface area (Å²) in [5.74, 6) is 0. The number of hydrogen-bond donors (Lipinski definition) is 0. The van der Waals surface area contributed by atoms with E-state index in [-0.39, 0.29) is 11.7 Å². The molecule has 0 aliphatic rings. The molecule has 3 nitrogen and oxygen atoms in total. The lowest BCUT2D eigenvalue weighted by Crippen LogP contribution is -2.34. The molecule has 0 bridgehead atoms. The van der Waals surface area contributed by atoms with Crippen LogP contribution >= 0.6 is 11.3 Å². The fourth-order valence-corrected chi connectivity index (χ4v) is 2.55. The van der Waals surface area contributed by atoms with Crippen LogP contribution in [0.15, 0.2) is 0 Å². The summed E-state index contributed by atoms with van der Waals surface area (Å²) < 4.78 is 37.4. The van der Waals surface area contributed by atoms with E-state index in [1.807, 2.05) is 6.92 Å². The number of rotatable bonds is 6. The molecule has 102 valence electrons. The predicted octanol–water partition coefficient (Wildman–Crippen LogP) is 3.30. The highest BCUT2D eigenvalue weighted by Gasteiger charge is 2.32. The average molecular weight is 280 g/mol. The molecule has 0 amide bonds. The fraction of sp³-hybridized carbons (Fsp3) is 0.636. The lowest BCUT2D eigenvalue weighted by Gasteiger charge is -2.22. The number of hydrogen-bond acceptors (Lipinski definition) is 4. The normalized spacial score (nSPS) is 11.6. The molecule has 0 radical (unpaired) electrons. The van der Waals surface area contributed by atoms with Gasteiger partial charge in [-0.2, -0.15) is 13.2 Å². The van der Waals surface area contributed by atoms with Crippen LogP contribution in [0.1, 0.15) is 35.6 Å². The van der Waals surface area contributed by atoms with Gasteiger partial charge in [-0.25, -0.2) is 4.98 Å². The zero-order chi connectivity index (χ0) is 13.8. The molecule has 0 N–H and O–H groups in total. The lowest BCUT2D eigenvalue weighted by atomic mass is 10.3. The van der Waals surface area contributed by atoms with Crippen molar-refractivity contribution in [2.45, 2.75) is 32.9 Å². The highest BCUT2D eigenvalue weighted by molar-refractivity contribution is 7.17. The van der Waals surface area contributed by atoms with Gasteiger partial charge >= 0.3 is 6.18 Å². The van der Waals surface area contributed by atoms with Crippen molar-refractivity contribution in [3.63, 3.8) is 0 Å². The van der Waals surface area contributed by atoms with Crippen molar-refractivity contribution >= 4 is 22.8 Å². The van der Waals surface area contributed by atoms with E-state index in [0.29, 0.717) is 29.7 Å². The van der Waals surface area contributed by atoms with Crippen molar-refractivity contribution in [2.75, 3.05) is 18.0 Å². The van der Waals surface area contributed by atoms with E-state index >= 15 is 0 Å². The van der Waals surface area contributed by atoms with Gasteiger partial charge < -0.3 is 4.90 Å². The number of aldehydes is 1. The number of carbonyl (C=O) groups excluding carboxylic acids is 1. The molecule has 1 aromatic rings. The Hall–Kier alpha value is -1.11. The number of aromatic nitrogens is 1. The van der Waals surface area contributed by atoms with Crippen molar-refractivity contribution in [3.8, 4) is 0 Å². The van der Waals surface area contributed by atoms with Gasteiger partial charge in [0.15, 0.2) is 11.4 Å². The third-order valence-corrected chi connectivity index (χ3v) is 3.38. The molecule has 0 aromatic carbocycles. The molecule has 0 spiro atoms. The third-order valence-electron chi connectivity index (χ3n) is 2.29. The summed E-state index contributed by atoms with van der Waals surface area (Å²) in [7, 11) is 0. The second-order valence-corrected chi connectivity index (χ2v) is 4.82. The summed E-state index contributed by atoms with van der Waals surface area (Å²) in [5.41, 5.74) is 0.563. The maximum absolute atomic E-state index is 12.5. The zero-order valence-corrected chi connectivity index (χ0v) is 11.1. The molecule has 0 atom stereocenters. The molecule has 1 rings (SSSR count). The van der Waals surface area contributed by atoms with Crippen LogP contribution in [0.5, 0.6) is 0 Å². The second kappa shape index (κ2) is 6.17. The summed E-state index contributed by atoms with van der Waals surface area (Å²) in [6.45, 7) is 2.86. The van der Waals surface area contributed by atoms with Gasteiger partial charge in [0.1, 0.15) is 6.54 Å². The Bertz CT molecular complexity index is 403. The van der Waals surface area contributed by atoms with E-state index in [0.717, 1.165) is 11.3 Å². The zero-order valence-electron chi connectivity index (χ0n) is 10.3. The Labute approximate surface area is 108 Å². The summed E-state index contributed by atoms with van der Waals surface area (Å²) in [6.07, 6.45) is -2.49. The summed E-state index contributed by atoms with van der Waals surface area (Å²) >= 11 is 1.02. The predicted molar refractivity (Wildman–Crippen MR) is 65.4 cm³/mol. The first-order valence-corrected chi connectivity index (χ1v) is 6.49. The standard InChI is InChI=1S/C11H15F3N2OS/c1-3-5-16(7-11(12,13)14)10-15-8(4-2)9(6-17)18-10/h6H,3-5,7H2,1-2H3. The molecule has 0 aliphatic heterocycles. The number of thiazole rings is 1. The summed E-state index contributed by atoms with van der Waals surface area (Å²) in [4.78, 5) is 16.5. The first-order chi connectivity index (χ1) is 8.41. The highest BCUT2D eigenvalue weighted by Crippen LogP contribution is 2.28. The van der Waals surface area contributed by atoms with Gasteiger partial charge in [0, 0.05) is 6.54 Å². The second-order valence-electron chi connectivity index (χ2n) is 3.82. The van der Waals surface area contributed by atoms with Crippen molar-refractivity contribution in [1.29, 1.82) is 0 Å². The summed E-state index contributed by atoms with van der Waals surface area (Å²) in [6, 6.07) is 0. The number of carbonyl (C=O) groups is 1. The molecular weight excluding hydrogens is 265 g/mol. The van der Waals surface area contributed by atoms with E-state index in [1.165, 1.54) is 4.90 Å². The van der Waals surface area contributed by atoms with E-state index in [9.17, 15) is 18.0 Å². The fourth-order valence-electron chi connectivity index (χ4n) is 1.56. The monoisotopic (exact) mass is 280 g/mol. The number of alkyl halides is 3. The van der Waals surface area contributed by atoms with E-state index in [1.54, 1.807) is 6.92 Å². The number of nitrogens with zero attached hydrogens (tertiary/aromatic N) is 2. The van der Waals surface area contributed by atoms with Crippen LogP contribution in [0.3, 0.4) is 0 Å². The van der Waals surface area contributed by atoms with Gasteiger partial charge in [0.05, 0.1) is 10.6 Å². The van der Waals surface area contributed by atoms with Crippen LogP contribution < -0.4 is 4.90 Å². The molecule has 0 aliphatic carbocycles. The van der Waals surface area contributed by atoms with Gasteiger partial charge in [0.2, 0.25) is 0 Å². The van der Waals surface area contributed by atoms with Crippen LogP contribution in [-0.4, -0.2) is 30.5 Å². The van der Waals surface area contributed by atoms with Crippen molar-refractivity contribution in [2.24, 2.45) is 0 Å². The molecule has 0 unspecified atom stereocenters. The third kappa shape index (κ3) is 3.97. The molecule has 0 saturated heterocycles. The van der Waals surface area contributed by atoms with E-state index < -0.39 is 12.7 Å². The van der Waals surface area contributed by atoms with Crippen molar-refractivity contribution < 1.29 is 18.0 Å². The van der Waals surface area contributed by atoms with Crippen molar-refractivity contribution in [1.82, 2.24) is 4.98 Å². The molecule has 1 aromatic heterocycles. The largest absolute Gasteiger partial charge is 0.406 e. The number of anilines is 1. The van der Waals surface area contributed by atoms with Crippen LogP contribution in [0.4, 0.5) is 18.3 Å². The Morgan fingerprint density at radius 3 is 2.44 bits per heavy atom. The van der Waals surface area contributed by atoms with Crippen LogP contribution in [0.2, 0.25) is 0 Å². The Kier molecular flexibility index (Phi) is 5.13. The highest BCUT2D eigenvalue weighted by atomic mass is 32.1. The van der Waals surface area contributed by atoms with Gasteiger partial charge in [0.25, 0.3) is 0 Å². The minimum atomic E-state index is -4.27. The first-order valence-electron chi connectivity index (χ1n) is 5.67. The maximum atomic E-state index is 12.5. The molecule has 0 saturated carbocycles. The summed E-state index contributed by atoms with van der Waals surface area (Å²) in [5, 5.41) is 0.271. The Balaban J connectivity index is 2.98. The number of aryl methyl sites for hydroxylation is 1. The Morgan fingerprint density at radius 2 is 2.06 bits per heavy atom. The van der Waals surface area contributed by atoms with Crippen LogP contribution in [0.25, 0.3) is 0 Å². The first kappa shape index (κ1) is 14.9. The lowest BCUT2D eigenvalue weighted by molar-refractivity contribution is -0.119. The average Bonchev–Trinajstić information content (AvgIpc) is 2.69. The Morgan fingerprint density at radius 1 is 1.39 bits per heavy atom. The van der Waals surface area contributed by atoms with Gasteiger partial charge in [-0.15, -0.1) is 0 Å². The van der Waals surface area contributed by atoms with Crippen molar-refractivity contribution in [3.05, 3.63) is 10.6 Å². The molecular formula is C11H15F3N2OS. The minimum absolute atomic E-state index is 0.271. The van der Waals surface area contributed by atoms with Gasteiger partial charge in [-0.05, 0) is 12.8 Å². The minimum Gasteiger partial charge on any atom is -0.339 e. The van der Waals surface area contributed by atoms with E-state index in [2.05, 4.69) is 4.98 Å². The molecule has 7 heteroatoms. The number of halogens is 3. The molecule has 1 heterocycles. The van der Waals surface area contributed by atoms with Gasteiger partial charge in [-0.3, -0.25) is 4.79 Å². The quantitative estimate of drug-likeness (QED) is 0.750. The molecule has 0 fully saturated rings. The van der Waals surface area contributed by atoms with E-state index in [4.69, 9.17) is 0 Å². The maximum Gasteiger partial charge on any atom is 0.406 e. The molecule has 18 heavy (non-hydrogen) atoms. The smallest absolute Gasteiger partial charge is 0.339 e. The SMILES string of the molecule is CCCN(CC(F)(F)F)c1nc(CC)c(C=O)s1. The van der Waals surface area contributed by atoms with Crippen LogP contribution in [0, 0.1) is 0 Å². The van der Waals surface area contributed by atoms with Gasteiger partial charge in [-0.1, -0.05) is 25.2 Å². The topological polar surface area (TPSA) is 33.2 Å². The van der Waals surface area contributed by atoms with Crippen LogP contribution in [-0.2, 0) is 6.42 Å².